The van der Waals surface area contributed by atoms with Crippen LogP contribution in [0.5, 0.6) is 0 Å². The maximum atomic E-state index is 11.1. The van der Waals surface area contributed by atoms with Crippen LogP contribution in [0, 0.1) is 0 Å². The third kappa shape index (κ3) is 4.52. The molecule has 16 heavy (non-hydrogen) atoms. The Kier molecular flexibility index (Phi) is 6.46. The minimum absolute atomic E-state index is 0.0907. The van der Waals surface area contributed by atoms with Crippen molar-refractivity contribution in [1.82, 2.24) is 4.90 Å². The monoisotopic (exact) mass is 227 g/mol. The van der Waals surface area contributed by atoms with Gasteiger partial charge in [-0.1, -0.05) is 32.6 Å². The summed E-state index contributed by atoms with van der Waals surface area (Å²) < 4.78 is 4.69. The number of nitrogens with zero attached hydrogens (tertiary/aromatic N) is 1. The minimum atomic E-state index is -0.0907. The third-order valence-corrected chi connectivity index (χ3v) is 3.58. The van der Waals surface area contributed by atoms with Crippen LogP contribution in [0.1, 0.15) is 51.9 Å². The molecule has 0 heterocycles. The quantitative estimate of drug-likeness (QED) is 0.534. The number of rotatable bonds is 5. The van der Waals surface area contributed by atoms with Gasteiger partial charge in [-0.15, -0.1) is 0 Å². The van der Waals surface area contributed by atoms with E-state index < -0.39 is 0 Å². The molecule has 0 aliphatic heterocycles. The van der Waals surface area contributed by atoms with Crippen LogP contribution in [-0.4, -0.2) is 37.1 Å². The van der Waals surface area contributed by atoms with Crippen molar-refractivity contribution >= 4 is 5.97 Å². The van der Waals surface area contributed by atoms with Gasteiger partial charge in [0.2, 0.25) is 0 Å². The second-order valence-electron chi connectivity index (χ2n) is 4.60. The fourth-order valence-electron chi connectivity index (χ4n) is 2.56. The predicted molar refractivity (Wildman–Crippen MR) is 65.4 cm³/mol. The number of carbonyl (C=O) groups is 1. The van der Waals surface area contributed by atoms with Gasteiger partial charge < -0.3 is 9.64 Å². The van der Waals surface area contributed by atoms with E-state index >= 15 is 0 Å². The van der Waals surface area contributed by atoms with E-state index in [9.17, 15) is 4.79 Å². The van der Waals surface area contributed by atoms with Crippen molar-refractivity contribution < 1.29 is 9.53 Å². The molecule has 1 saturated carbocycles. The van der Waals surface area contributed by atoms with Crippen LogP contribution < -0.4 is 0 Å². The van der Waals surface area contributed by atoms with Gasteiger partial charge in [0.05, 0.1) is 13.5 Å². The van der Waals surface area contributed by atoms with E-state index in [0.29, 0.717) is 12.5 Å². The highest BCUT2D eigenvalue weighted by Crippen LogP contribution is 2.21. The summed E-state index contributed by atoms with van der Waals surface area (Å²) in [6, 6.07) is 0.692. The fraction of sp³-hybridized carbons (Fsp3) is 0.923. The van der Waals surface area contributed by atoms with Crippen LogP contribution in [0.25, 0.3) is 0 Å². The summed E-state index contributed by atoms with van der Waals surface area (Å²) in [6.07, 6.45) is 8.58. The first-order chi connectivity index (χ1) is 7.77. The Hall–Kier alpha value is -0.570. The van der Waals surface area contributed by atoms with Crippen LogP contribution in [-0.2, 0) is 9.53 Å². The van der Waals surface area contributed by atoms with Gasteiger partial charge in [0.15, 0.2) is 0 Å². The van der Waals surface area contributed by atoms with E-state index in [4.69, 9.17) is 4.74 Å². The Morgan fingerprint density at radius 2 is 1.88 bits per heavy atom. The van der Waals surface area contributed by atoms with E-state index in [1.54, 1.807) is 0 Å². The molecule has 0 saturated heterocycles. The van der Waals surface area contributed by atoms with Gasteiger partial charge in [-0.2, -0.15) is 0 Å². The topological polar surface area (TPSA) is 29.5 Å². The van der Waals surface area contributed by atoms with Gasteiger partial charge in [0.25, 0.3) is 0 Å². The number of hydrogen-bond donors (Lipinski definition) is 0. The Labute approximate surface area is 99.1 Å². The lowest BCUT2D eigenvalue weighted by Crippen LogP contribution is -2.36. The van der Waals surface area contributed by atoms with Crippen molar-refractivity contribution in [3.63, 3.8) is 0 Å². The molecule has 1 aliphatic rings. The van der Waals surface area contributed by atoms with Crippen molar-refractivity contribution in [2.24, 2.45) is 0 Å². The minimum Gasteiger partial charge on any atom is -0.469 e. The van der Waals surface area contributed by atoms with Crippen molar-refractivity contribution in [3.8, 4) is 0 Å². The van der Waals surface area contributed by atoms with Crippen molar-refractivity contribution in [2.45, 2.75) is 57.9 Å². The highest BCUT2D eigenvalue weighted by Gasteiger charge is 2.19. The zero-order valence-electron chi connectivity index (χ0n) is 10.7. The second-order valence-corrected chi connectivity index (χ2v) is 4.60. The van der Waals surface area contributed by atoms with Crippen LogP contribution >= 0.6 is 0 Å². The number of carbonyl (C=O) groups excluding carboxylic acids is 1. The van der Waals surface area contributed by atoms with Crippen molar-refractivity contribution in [3.05, 3.63) is 0 Å². The molecule has 0 radical (unpaired) electrons. The fourth-order valence-corrected chi connectivity index (χ4v) is 2.56. The van der Waals surface area contributed by atoms with Gasteiger partial charge in [-0.3, -0.25) is 4.79 Å². The zero-order chi connectivity index (χ0) is 11.8. The van der Waals surface area contributed by atoms with Gasteiger partial charge in [0.1, 0.15) is 0 Å². The first-order valence-electron chi connectivity index (χ1n) is 6.58. The van der Waals surface area contributed by atoms with E-state index in [1.165, 1.54) is 45.6 Å². The SMILES string of the molecule is CCN(CCC(=O)OC)C1CCCCCC1. The van der Waals surface area contributed by atoms with Crippen LogP contribution in [0.2, 0.25) is 0 Å². The molecule has 0 amide bonds. The molecule has 0 aromatic heterocycles. The van der Waals surface area contributed by atoms with Crippen LogP contribution in [0.4, 0.5) is 0 Å². The summed E-state index contributed by atoms with van der Waals surface area (Å²) in [5.74, 6) is -0.0907. The Balaban J connectivity index is 2.35. The maximum Gasteiger partial charge on any atom is 0.306 e. The van der Waals surface area contributed by atoms with Gasteiger partial charge >= 0.3 is 5.97 Å². The second kappa shape index (κ2) is 7.66. The normalized spacial score (nSPS) is 18.4. The summed E-state index contributed by atoms with van der Waals surface area (Å²) >= 11 is 0. The van der Waals surface area contributed by atoms with Gasteiger partial charge in [-0.05, 0) is 19.4 Å². The smallest absolute Gasteiger partial charge is 0.306 e. The standard InChI is InChI=1S/C13H25NO2/c1-3-14(11-10-13(15)16-2)12-8-6-4-5-7-9-12/h12H,3-11H2,1-2H3. The summed E-state index contributed by atoms with van der Waals surface area (Å²) in [5, 5.41) is 0. The lowest BCUT2D eigenvalue weighted by Gasteiger charge is -2.29. The van der Waals surface area contributed by atoms with Crippen molar-refractivity contribution in [2.75, 3.05) is 20.2 Å². The van der Waals surface area contributed by atoms with Gasteiger partial charge in [0, 0.05) is 12.6 Å². The molecule has 0 spiro atoms. The molecule has 3 heteroatoms. The highest BCUT2D eigenvalue weighted by molar-refractivity contribution is 5.69. The third-order valence-electron chi connectivity index (χ3n) is 3.58. The van der Waals surface area contributed by atoms with Crippen molar-refractivity contribution in [1.29, 1.82) is 0 Å². The molecular formula is C13H25NO2. The average molecular weight is 227 g/mol. The summed E-state index contributed by atoms with van der Waals surface area (Å²) in [4.78, 5) is 13.6. The summed E-state index contributed by atoms with van der Waals surface area (Å²) in [6.45, 7) is 4.08. The number of hydrogen-bond acceptors (Lipinski definition) is 3. The van der Waals surface area contributed by atoms with E-state index in [-0.39, 0.29) is 5.97 Å². The van der Waals surface area contributed by atoms with E-state index in [1.807, 2.05) is 0 Å². The lowest BCUT2D eigenvalue weighted by molar-refractivity contribution is -0.141. The van der Waals surface area contributed by atoms with Crippen LogP contribution in [0.15, 0.2) is 0 Å². The molecule has 3 nitrogen and oxygen atoms in total. The molecule has 0 aromatic rings. The number of methoxy groups -OCH3 is 1. The maximum absolute atomic E-state index is 11.1. The van der Waals surface area contributed by atoms with Crippen LogP contribution in [0.3, 0.4) is 0 Å². The summed E-state index contributed by atoms with van der Waals surface area (Å²) in [7, 11) is 1.46. The molecule has 1 rings (SSSR count). The number of esters is 1. The molecule has 1 fully saturated rings. The molecule has 0 aromatic carbocycles. The Bertz CT molecular complexity index is 198. The summed E-state index contributed by atoms with van der Waals surface area (Å²) in [5.41, 5.74) is 0. The molecule has 94 valence electrons. The number of ether oxygens (including phenoxy) is 1. The lowest BCUT2D eigenvalue weighted by atomic mass is 10.1. The average Bonchev–Trinajstić information content (AvgIpc) is 2.58. The molecular weight excluding hydrogens is 202 g/mol. The zero-order valence-corrected chi connectivity index (χ0v) is 10.7. The molecule has 0 N–H and O–H groups in total. The first kappa shape index (κ1) is 13.5. The molecule has 0 bridgehead atoms. The van der Waals surface area contributed by atoms with E-state index in [0.717, 1.165) is 13.1 Å². The predicted octanol–water partition coefficient (Wildman–Crippen LogP) is 2.59. The van der Waals surface area contributed by atoms with Gasteiger partial charge in [-0.25, -0.2) is 0 Å². The molecule has 1 aliphatic carbocycles. The largest absolute Gasteiger partial charge is 0.469 e. The molecule has 0 atom stereocenters. The highest BCUT2D eigenvalue weighted by atomic mass is 16.5. The Morgan fingerprint density at radius 3 is 2.38 bits per heavy atom. The molecule has 0 unspecified atom stereocenters. The first-order valence-corrected chi connectivity index (χ1v) is 6.58. The Morgan fingerprint density at radius 1 is 1.25 bits per heavy atom. The van der Waals surface area contributed by atoms with E-state index in [2.05, 4.69) is 11.8 Å².